The van der Waals surface area contributed by atoms with E-state index in [1.165, 1.54) is 18.3 Å². The molecule has 0 saturated carbocycles. The second-order valence-corrected chi connectivity index (χ2v) is 2.83. The van der Waals surface area contributed by atoms with Crippen molar-refractivity contribution in [1.29, 1.82) is 0 Å². The van der Waals surface area contributed by atoms with E-state index in [1.54, 1.807) is 0 Å². The van der Waals surface area contributed by atoms with Crippen molar-refractivity contribution in [2.45, 2.75) is 6.10 Å². The molecule has 0 aliphatic heterocycles. The number of nitro groups is 1. The van der Waals surface area contributed by atoms with E-state index in [0.29, 0.717) is 5.56 Å². The van der Waals surface area contributed by atoms with Crippen LogP contribution in [0.15, 0.2) is 18.3 Å². The van der Waals surface area contributed by atoms with Crippen molar-refractivity contribution >= 4 is 11.6 Å². The first kappa shape index (κ1) is 9.88. The van der Waals surface area contributed by atoms with Crippen LogP contribution >= 0.6 is 11.6 Å². The number of aliphatic hydroxyl groups excluding tert-OH is 1. The molecule has 6 heteroatoms. The summed E-state index contributed by atoms with van der Waals surface area (Å²) in [5.41, 5.74) is 0.390. The van der Waals surface area contributed by atoms with Gasteiger partial charge in [0.1, 0.15) is 11.3 Å². The van der Waals surface area contributed by atoms with Gasteiger partial charge in [-0.1, -0.05) is 17.7 Å². The van der Waals surface area contributed by atoms with Crippen LogP contribution in [0.5, 0.6) is 0 Å². The number of pyridine rings is 1. The summed E-state index contributed by atoms with van der Waals surface area (Å²) in [5, 5.41) is 19.6. The molecule has 0 spiro atoms. The highest BCUT2D eigenvalue weighted by atomic mass is 35.5. The normalized spacial score (nSPS) is 12.5. The summed E-state index contributed by atoms with van der Waals surface area (Å²) in [7, 11) is 0. The van der Waals surface area contributed by atoms with Crippen molar-refractivity contribution in [1.82, 2.24) is 4.98 Å². The van der Waals surface area contributed by atoms with Gasteiger partial charge in [0.2, 0.25) is 6.54 Å². The Bertz CT molecular complexity index is 301. The maximum Gasteiger partial charge on any atom is 0.233 e. The van der Waals surface area contributed by atoms with E-state index in [4.69, 9.17) is 11.6 Å². The highest BCUT2D eigenvalue weighted by Gasteiger charge is 2.13. The Morgan fingerprint density at radius 1 is 1.69 bits per heavy atom. The standard InChI is InChI=1S/C7H7ClN2O3/c8-7-2-1-5(3-9-7)6(11)4-10(12)13/h1-3,6,11H,4H2. The summed E-state index contributed by atoms with van der Waals surface area (Å²) in [5.74, 6) is 0. The molecule has 1 unspecified atom stereocenters. The van der Waals surface area contributed by atoms with Gasteiger partial charge < -0.3 is 5.11 Å². The topological polar surface area (TPSA) is 76.3 Å². The number of hydrogen-bond donors (Lipinski definition) is 1. The van der Waals surface area contributed by atoms with E-state index in [1.807, 2.05) is 0 Å². The maximum atomic E-state index is 10.0. The van der Waals surface area contributed by atoms with Gasteiger partial charge in [-0.2, -0.15) is 0 Å². The lowest BCUT2D eigenvalue weighted by Crippen LogP contribution is -2.11. The van der Waals surface area contributed by atoms with E-state index in [2.05, 4.69) is 4.98 Å². The Balaban J connectivity index is 2.71. The first-order valence-electron chi connectivity index (χ1n) is 3.51. The summed E-state index contributed by atoms with van der Waals surface area (Å²) in [4.78, 5) is 13.2. The third-order valence-corrected chi connectivity index (χ3v) is 1.68. The van der Waals surface area contributed by atoms with Crippen molar-refractivity contribution in [2.75, 3.05) is 6.54 Å². The van der Waals surface area contributed by atoms with E-state index < -0.39 is 17.6 Å². The van der Waals surface area contributed by atoms with Gasteiger partial charge in [-0.15, -0.1) is 0 Å². The number of hydrogen-bond acceptors (Lipinski definition) is 4. The first-order chi connectivity index (χ1) is 6.09. The summed E-state index contributed by atoms with van der Waals surface area (Å²) in [6.45, 7) is -0.524. The number of halogens is 1. The van der Waals surface area contributed by atoms with Gasteiger partial charge in [-0.25, -0.2) is 4.98 Å². The molecular formula is C7H7ClN2O3. The minimum absolute atomic E-state index is 0.289. The molecule has 70 valence electrons. The van der Waals surface area contributed by atoms with Crippen LogP contribution in [0, 0.1) is 10.1 Å². The number of nitrogens with zero attached hydrogens (tertiary/aromatic N) is 2. The summed E-state index contributed by atoms with van der Waals surface area (Å²) < 4.78 is 0. The highest BCUT2D eigenvalue weighted by Crippen LogP contribution is 2.13. The average molecular weight is 203 g/mol. The molecule has 0 fully saturated rings. The molecule has 1 heterocycles. The van der Waals surface area contributed by atoms with E-state index in [0.717, 1.165) is 0 Å². The molecule has 0 bridgehead atoms. The molecular weight excluding hydrogens is 196 g/mol. The molecule has 1 N–H and O–H groups in total. The van der Waals surface area contributed by atoms with Crippen LogP contribution in [0.4, 0.5) is 0 Å². The van der Waals surface area contributed by atoms with Crippen LogP contribution in [0.3, 0.4) is 0 Å². The van der Waals surface area contributed by atoms with Gasteiger partial charge >= 0.3 is 0 Å². The number of aliphatic hydroxyl groups is 1. The third-order valence-electron chi connectivity index (χ3n) is 1.46. The van der Waals surface area contributed by atoms with Gasteiger partial charge in [-0.05, 0) is 6.07 Å². The lowest BCUT2D eigenvalue weighted by Gasteiger charge is -2.04. The predicted molar refractivity (Wildman–Crippen MR) is 46.1 cm³/mol. The van der Waals surface area contributed by atoms with Gasteiger partial charge in [-0.3, -0.25) is 10.1 Å². The molecule has 0 aliphatic rings. The molecule has 0 saturated heterocycles. The first-order valence-corrected chi connectivity index (χ1v) is 3.88. The smallest absolute Gasteiger partial charge is 0.233 e. The summed E-state index contributed by atoms with van der Waals surface area (Å²) >= 11 is 5.50. The molecule has 0 radical (unpaired) electrons. The van der Waals surface area contributed by atoms with Gasteiger partial charge in [0.15, 0.2) is 0 Å². The van der Waals surface area contributed by atoms with Crippen molar-refractivity contribution < 1.29 is 10.0 Å². The zero-order chi connectivity index (χ0) is 9.84. The largest absolute Gasteiger partial charge is 0.381 e. The summed E-state index contributed by atoms with van der Waals surface area (Å²) in [6, 6.07) is 2.98. The van der Waals surface area contributed by atoms with Crippen LogP contribution in [0.1, 0.15) is 11.7 Å². The molecule has 1 aromatic rings. The molecule has 13 heavy (non-hydrogen) atoms. The molecule has 0 aliphatic carbocycles. The van der Waals surface area contributed by atoms with Crippen molar-refractivity contribution in [3.63, 3.8) is 0 Å². The molecule has 0 aromatic carbocycles. The van der Waals surface area contributed by atoms with Crippen LogP contribution in [-0.4, -0.2) is 21.6 Å². The van der Waals surface area contributed by atoms with Crippen LogP contribution in [0.2, 0.25) is 5.15 Å². The number of rotatable bonds is 3. The lowest BCUT2D eigenvalue weighted by atomic mass is 10.2. The van der Waals surface area contributed by atoms with Gasteiger partial charge in [0.25, 0.3) is 0 Å². The monoisotopic (exact) mass is 202 g/mol. The van der Waals surface area contributed by atoms with Crippen LogP contribution in [0.25, 0.3) is 0 Å². The Morgan fingerprint density at radius 2 is 2.38 bits per heavy atom. The second-order valence-electron chi connectivity index (χ2n) is 2.45. The van der Waals surface area contributed by atoms with Crippen molar-refractivity contribution in [3.8, 4) is 0 Å². The fourth-order valence-corrected chi connectivity index (χ4v) is 0.943. The van der Waals surface area contributed by atoms with E-state index in [-0.39, 0.29) is 5.15 Å². The lowest BCUT2D eigenvalue weighted by molar-refractivity contribution is -0.491. The fourth-order valence-electron chi connectivity index (χ4n) is 0.831. The Hall–Kier alpha value is -1.20. The molecule has 5 nitrogen and oxygen atoms in total. The Morgan fingerprint density at radius 3 is 2.85 bits per heavy atom. The zero-order valence-corrected chi connectivity index (χ0v) is 7.31. The van der Waals surface area contributed by atoms with Crippen molar-refractivity contribution in [2.24, 2.45) is 0 Å². The Labute approximate surface area is 79.1 Å². The highest BCUT2D eigenvalue weighted by molar-refractivity contribution is 6.29. The third kappa shape index (κ3) is 2.96. The second kappa shape index (κ2) is 4.15. The molecule has 1 atom stereocenters. The van der Waals surface area contributed by atoms with E-state index in [9.17, 15) is 15.2 Å². The Kier molecular flexibility index (Phi) is 3.16. The predicted octanol–water partition coefficient (Wildman–Crippen LogP) is 1.05. The van der Waals surface area contributed by atoms with Gasteiger partial charge in [0, 0.05) is 16.7 Å². The summed E-state index contributed by atoms with van der Waals surface area (Å²) in [6.07, 6.45) is 0.191. The van der Waals surface area contributed by atoms with Crippen LogP contribution < -0.4 is 0 Å². The van der Waals surface area contributed by atoms with Gasteiger partial charge in [0.05, 0.1) is 0 Å². The zero-order valence-electron chi connectivity index (χ0n) is 6.55. The fraction of sp³-hybridized carbons (Fsp3) is 0.286. The minimum Gasteiger partial charge on any atom is -0.381 e. The molecule has 1 aromatic heterocycles. The maximum absolute atomic E-state index is 10.0. The van der Waals surface area contributed by atoms with Crippen molar-refractivity contribution in [3.05, 3.63) is 39.2 Å². The SMILES string of the molecule is O=[N+]([O-])CC(O)c1ccc(Cl)nc1. The number of aromatic nitrogens is 1. The molecule has 0 amide bonds. The average Bonchev–Trinajstić information content (AvgIpc) is 2.04. The molecule has 1 rings (SSSR count). The van der Waals surface area contributed by atoms with E-state index >= 15 is 0 Å². The minimum atomic E-state index is -1.13. The van der Waals surface area contributed by atoms with Crippen LogP contribution in [-0.2, 0) is 0 Å². The quantitative estimate of drug-likeness (QED) is 0.452.